The van der Waals surface area contributed by atoms with Crippen molar-refractivity contribution in [1.82, 2.24) is 20.2 Å². The van der Waals surface area contributed by atoms with Crippen molar-refractivity contribution in [3.8, 4) is 0 Å². The van der Waals surface area contributed by atoms with Crippen LogP contribution in [-0.4, -0.2) is 54.0 Å². The number of carbonyl (C=O) groups is 1. The molecule has 0 saturated carbocycles. The van der Waals surface area contributed by atoms with Gasteiger partial charge in [0.1, 0.15) is 11.3 Å². The maximum absolute atomic E-state index is 14.5. The van der Waals surface area contributed by atoms with Gasteiger partial charge in [-0.15, -0.1) is 0 Å². The maximum Gasteiger partial charge on any atom is 0.269 e. The number of carbonyl (C=O) groups excluding carboxylic acids is 1. The van der Waals surface area contributed by atoms with Gasteiger partial charge in [0.2, 0.25) is 5.95 Å². The van der Waals surface area contributed by atoms with Gasteiger partial charge in [0.15, 0.2) is 0 Å². The van der Waals surface area contributed by atoms with Crippen molar-refractivity contribution in [3.05, 3.63) is 70.2 Å². The van der Waals surface area contributed by atoms with E-state index in [1.807, 2.05) is 23.1 Å². The van der Waals surface area contributed by atoms with Crippen LogP contribution in [0.1, 0.15) is 16.1 Å². The monoisotopic (exact) mass is 435 g/mol. The second-order valence-corrected chi connectivity index (χ2v) is 7.85. The number of amides is 1. The van der Waals surface area contributed by atoms with E-state index in [2.05, 4.69) is 20.2 Å². The summed E-state index contributed by atoms with van der Waals surface area (Å²) >= 11 is 0. The van der Waals surface area contributed by atoms with Crippen molar-refractivity contribution in [2.45, 2.75) is 6.54 Å². The third kappa shape index (κ3) is 3.60. The molecule has 32 heavy (non-hydrogen) atoms. The summed E-state index contributed by atoms with van der Waals surface area (Å²) in [6, 6.07) is 10.8. The first-order valence-corrected chi connectivity index (χ1v) is 10.4. The van der Waals surface area contributed by atoms with Crippen LogP contribution in [0.2, 0.25) is 0 Å². The number of hydrogen-bond acceptors (Lipinski definition) is 6. The zero-order valence-electron chi connectivity index (χ0n) is 17.5. The van der Waals surface area contributed by atoms with Crippen molar-refractivity contribution in [1.29, 1.82) is 0 Å². The van der Waals surface area contributed by atoms with Gasteiger partial charge in [-0.05, 0) is 35.9 Å². The highest BCUT2D eigenvalue weighted by Gasteiger charge is 2.21. The molecule has 0 unspecified atom stereocenters. The number of halogens is 1. The molecule has 0 radical (unpaired) electrons. The average Bonchev–Trinajstić information content (AvgIpc) is 3.30. The van der Waals surface area contributed by atoms with Crippen LogP contribution in [0.5, 0.6) is 0 Å². The highest BCUT2D eigenvalue weighted by atomic mass is 19.1. The van der Waals surface area contributed by atoms with E-state index in [0.717, 1.165) is 36.1 Å². The highest BCUT2D eigenvalue weighted by molar-refractivity contribution is 6.01. The van der Waals surface area contributed by atoms with E-state index >= 15 is 0 Å². The number of fused-ring (bicyclic) bond motifs is 3. The van der Waals surface area contributed by atoms with Crippen molar-refractivity contribution < 1.29 is 13.6 Å². The van der Waals surface area contributed by atoms with Crippen LogP contribution in [0.3, 0.4) is 0 Å². The number of hydrogen-bond donors (Lipinski definition) is 2. The molecule has 0 bridgehead atoms. The third-order valence-corrected chi connectivity index (χ3v) is 5.89. The topological polar surface area (TPSA) is 94.5 Å². The van der Waals surface area contributed by atoms with Crippen molar-refractivity contribution >= 4 is 33.5 Å². The van der Waals surface area contributed by atoms with Gasteiger partial charge in [0, 0.05) is 45.2 Å². The molecule has 164 valence electrons. The molecule has 1 saturated heterocycles. The maximum atomic E-state index is 14.5. The molecule has 8 nitrogen and oxygen atoms in total. The smallest absolute Gasteiger partial charge is 0.269 e. The number of H-pyrrole nitrogens is 1. The molecule has 1 aliphatic heterocycles. The van der Waals surface area contributed by atoms with Gasteiger partial charge in [-0.25, -0.2) is 4.98 Å². The average molecular weight is 435 g/mol. The van der Waals surface area contributed by atoms with Crippen LogP contribution in [0.15, 0.2) is 51.9 Å². The molecule has 4 aromatic rings. The summed E-state index contributed by atoms with van der Waals surface area (Å²) in [7, 11) is 1.49. The van der Waals surface area contributed by atoms with E-state index in [-0.39, 0.29) is 11.3 Å². The van der Waals surface area contributed by atoms with Gasteiger partial charge in [0.05, 0.1) is 22.9 Å². The lowest BCUT2D eigenvalue weighted by Gasteiger charge is -2.36. The third-order valence-electron chi connectivity index (χ3n) is 5.89. The first-order chi connectivity index (χ1) is 15.5. The van der Waals surface area contributed by atoms with E-state index in [4.69, 9.17) is 4.42 Å². The van der Waals surface area contributed by atoms with Crippen LogP contribution in [-0.2, 0) is 6.54 Å². The van der Waals surface area contributed by atoms with Crippen LogP contribution < -0.4 is 15.8 Å². The Bertz CT molecular complexity index is 1370. The minimum atomic E-state index is -0.637. The van der Waals surface area contributed by atoms with Crippen LogP contribution in [0.4, 0.5) is 10.1 Å². The van der Waals surface area contributed by atoms with Gasteiger partial charge in [-0.1, -0.05) is 6.07 Å². The summed E-state index contributed by atoms with van der Waals surface area (Å²) in [6.07, 6.45) is 1.52. The molecule has 4 heterocycles. The Hall–Kier alpha value is -3.72. The number of pyridine rings is 2. The molecule has 0 spiro atoms. The Morgan fingerprint density at radius 2 is 1.97 bits per heavy atom. The van der Waals surface area contributed by atoms with Gasteiger partial charge < -0.3 is 19.6 Å². The van der Waals surface area contributed by atoms with Crippen LogP contribution >= 0.6 is 0 Å². The van der Waals surface area contributed by atoms with E-state index in [9.17, 15) is 14.0 Å². The number of rotatable bonds is 4. The van der Waals surface area contributed by atoms with E-state index in [0.29, 0.717) is 29.7 Å². The Morgan fingerprint density at radius 3 is 2.72 bits per heavy atom. The zero-order chi connectivity index (χ0) is 22.2. The number of aromatic nitrogens is 2. The molecule has 1 aromatic carbocycles. The largest absolute Gasteiger partial charge is 0.463 e. The number of furan rings is 1. The first-order valence-electron chi connectivity index (χ1n) is 10.4. The summed E-state index contributed by atoms with van der Waals surface area (Å²) in [5.74, 6) is -1.05. The minimum absolute atomic E-state index is 0.0635. The van der Waals surface area contributed by atoms with E-state index in [1.165, 1.54) is 19.4 Å². The Morgan fingerprint density at radius 1 is 1.16 bits per heavy atom. The summed E-state index contributed by atoms with van der Waals surface area (Å²) in [4.78, 5) is 34.8. The molecular weight excluding hydrogens is 413 g/mol. The van der Waals surface area contributed by atoms with Crippen LogP contribution in [0.25, 0.3) is 21.9 Å². The zero-order valence-corrected chi connectivity index (χ0v) is 17.5. The van der Waals surface area contributed by atoms with Gasteiger partial charge in [-0.3, -0.25) is 14.5 Å². The first kappa shape index (κ1) is 20.2. The molecular formula is C23H22FN5O3. The quantitative estimate of drug-likeness (QED) is 0.479. The summed E-state index contributed by atoms with van der Waals surface area (Å²) in [6.45, 7) is 3.52. The lowest BCUT2D eigenvalue weighted by molar-refractivity contribution is 0.0957. The predicted molar refractivity (Wildman–Crippen MR) is 119 cm³/mol. The van der Waals surface area contributed by atoms with E-state index in [1.54, 1.807) is 12.1 Å². The number of piperazine rings is 1. The molecule has 2 N–H and O–H groups in total. The van der Waals surface area contributed by atoms with Crippen molar-refractivity contribution in [3.63, 3.8) is 0 Å². The Labute approximate surface area is 182 Å². The molecule has 0 atom stereocenters. The van der Waals surface area contributed by atoms with E-state index < -0.39 is 11.9 Å². The second-order valence-electron chi connectivity index (χ2n) is 7.85. The fraction of sp³-hybridized carbons (Fsp3) is 0.261. The molecule has 1 aliphatic rings. The molecule has 0 aliphatic carbocycles. The minimum Gasteiger partial charge on any atom is -0.463 e. The number of nitrogens with one attached hydrogen (secondary N) is 2. The fourth-order valence-corrected chi connectivity index (χ4v) is 4.20. The number of benzene rings is 1. The lowest BCUT2D eigenvalue weighted by Crippen LogP contribution is -2.46. The number of anilines is 1. The molecule has 1 amide bonds. The molecule has 3 aromatic heterocycles. The molecule has 5 rings (SSSR count). The van der Waals surface area contributed by atoms with Crippen molar-refractivity contribution in [2.24, 2.45) is 0 Å². The molecule has 1 fully saturated rings. The summed E-state index contributed by atoms with van der Waals surface area (Å²) in [5.41, 5.74) is 2.73. The number of aromatic amines is 1. The summed E-state index contributed by atoms with van der Waals surface area (Å²) in [5, 5.41) is 3.87. The standard InChI is InChI=1S/C23H22FN5O3/c1-25-23(31)17-4-5-19(21(24)26-17)29-9-7-28(8-10-29)13-14-2-3-15-18(12-14)27-22(30)16-6-11-32-20(15)16/h2-6,11-12H,7-10,13H2,1H3,(H,25,31)(H,27,30). The Balaban J connectivity index is 1.28. The predicted octanol–water partition coefficient (Wildman–Crippen LogP) is 2.49. The lowest BCUT2D eigenvalue weighted by atomic mass is 10.1. The summed E-state index contributed by atoms with van der Waals surface area (Å²) < 4.78 is 20.0. The highest BCUT2D eigenvalue weighted by Crippen LogP contribution is 2.24. The van der Waals surface area contributed by atoms with Gasteiger partial charge >= 0.3 is 0 Å². The van der Waals surface area contributed by atoms with Gasteiger partial charge in [0.25, 0.3) is 11.5 Å². The normalized spacial score (nSPS) is 14.9. The van der Waals surface area contributed by atoms with Crippen molar-refractivity contribution in [2.75, 3.05) is 38.1 Å². The second kappa shape index (κ2) is 8.08. The number of nitrogens with zero attached hydrogens (tertiary/aromatic N) is 3. The van der Waals surface area contributed by atoms with Crippen LogP contribution in [0, 0.1) is 5.95 Å². The van der Waals surface area contributed by atoms with Gasteiger partial charge in [-0.2, -0.15) is 4.39 Å². The fourth-order valence-electron chi connectivity index (χ4n) is 4.20. The SMILES string of the molecule is CNC(=O)c1ccc(N2CCN(Cc3ccc4c(c3)[nH]c(=O)c3ccoc34)CC2)c(F)n1. The Kier molecular flexibility index (Phi) is 5.10. The molecule has 9 heteroatoms.